The summed E-state index contributed by atoms with van der Waals surface area (Å²) in [4.78, 5) is 14.0. The maximum Gasteiger partial charge on any atom is 0.238 e. The fraction of sp³-hybridized carbons (Fsp3) is 0.462. The lowest BCUT2D eigenvalue weighted by Crippen LogP contribution is -2.33. The Kier molecular flexibility index (Phi) is 6.26. The van der Waals surface area contributed by atoms with Gasteiger partial charge in [-0.05, 0) is 37.1 Å². The smallest absolute Gasteiger partial charge is 0.238 e. The number of rotatable bonds is 3. The molecule has 106 valence electrons. The average molecular weight is 349 g/mol. The quantitative estimate of drug-likeness (QED) is 0.880. The molecule has 0 aromatic heterocycles. The zero-order chi connectivity index (χ0) is 13.1. The third-order valence-corrected chi connectivity index (χ3v) is 4.01. The Morgan fingerprint density at radius 2 is 2.32 bits per heavy atom. The molecular weight excluding hydrogens is 330 g/mol. The second-order valence-corrected chi connectivity index (χ2v) is 5.65. The second-order valence-electron chi connectivity index (χ2n) is 4.80. The minimum absolute atomic E-state index is 0. The van der Waals surface area contributed by atoms with E-state index in [9.17, 15) is 4.79 Å². The number of likely N-dealkylation sites (tertiary alicyclic amines) is 1. The lowest BCUT2D eigenvalue weighted by molar-refractivity contribution is -0.117. The summed E-state index contributed by atoms with van der Waals surface area (Å²) in [5, 5.41) is 2.91. The van der Waals surface area contributed by atoms with Crippen molar-refractivity contribution in [2.75, 3.05) is 25.0 Å². The van der Waals surface area contributed by atoms with Gasteiger partial charge in [0, 0.05) is 29.3 Å². The van der Waals surface area contributed by atoms with Crippen LogP contribution in [0.2, 0.25) is 0 Å². The van der Waals surface area contributed by atoms with Gasteiger partial charge in [-0.25, -0.2) is 0 Å². The number of nitrogens with one attached hydrogen (secondary N) is 1. The van der Waals surface area contributed by atoms with Gasteiger partial charge in [-0.2, -0.15) is 0 Å². The molecule has 0 bridgehead atoms. The van der Waals surface area contributed by atoms with Crippen LogP contribution < -0.4 is 11.1 Å². The van der Waals surface area contributed by atoms with Crippen molar-refractivity contribution in [3.05, 3.63) is 28.2 Å². The highest BCUT2D eigenvalue weighted by Gasteiger charge is 2.20. The van der Waals surface area contributed by atoms with Crippen LogP contribution in [0.1, 0.15) is 12.0 Å². The number of benzene rings is 1. The minimum atomic E-state index is 0. The number of carbonyl (C=O) groups excluding carboxylic acids is 1. The monoisotopic (exact) mass is 347 g/mol. The van der Waals surface area contributed by atoms with Crippen LogP contribution in [0.15, 0.2) is 22.7 Å². The fourth-order valence-electron chi connectivity index (χ4n) is 2.13. The molecule has 0 spiro atoms. The molecule has 0 aliphatic carbocycles. The number of amides is 1. The molecule has 2 rings (SSSR count). The first-order chi connectivity index (χ1) is 8.54. The molecule has 1 aromatic rings. The zero-order valence-corrected chi connectivity index (χ0v) is 13.3. The van der Waals surface area contributed by atoms with Gasteiger partial charge in [-0.1, -0.05) is 15.9 Å². The van der Waals surface area contributed by atoms with Gasteiger partial charge in [0.1, 0.15) is 0 Å². The number of carbonyl (C=O) groups is 1. The number of hydrogen-bond acceptors (Lipinski definition) is 3. The maximum atomic E-state index is 11.9. The summed E-state index contributed by atoms with van der Waals surface area (Å²) in [6.45, 7) is 4.14. The molecule has 1 aromatic carbocycles. The van der Waals surface area contributed by atoms with Crippen LogP contribution >= 0.6 is 28.3 Å². The number of halogens is 2. The molecule has 0 saturated carbocycles. The maximum absolute atomic E-state index is 11.9. The SMILES string of the molecule is Cc1cc(NC(=O)CN2CC[C@@H](N)C2)ccc1Br.Cl. The molecule has 1 fully saturated rings. The van der Waals surface area contributed by atoms with Crippen LogP contribution in [-0.4, -0.2) is 36.5 Å². The molecule has 1 atom stereocenters. The van der Waals surface area contributed by atoms with Crippen LogP contribution in [0.3, 0.4) is 0 Å². The Labute approximate surface area is 128 Å². The van der Waals surface area contributed by atoms with Gasteiger partial charge in [0.2, 0.25) is 5.91 Å². The molecule has 4 nitrogen and oxygen atoms in total. The van der Waals surface area contributed by atoms with Crippen molar-refractivity contribution in [2.45, 2.75) is 19.4 Å². The normalized spacial score (nSPS) is 19.0. The number of nitrogens with two attached hydrogens (primary N) is 1. The van der Waals surface area contributed by atoms with Crippen molar-refractivity contribution in [1.82, 2.24) is 4.90 Å². The highest BCUT2D eigenvalue weighted by Crippen LogP contribution is 2.20. The van der Waals surface area contributed by atoms with Gasteiger partial charge in [-0.3, -0.25) is 9.69 Å². The summed E-state index contributed by atoms with van der Waals surface area (Å²) in [6, 6.07) is 6.01. The molecule has 1 aliphatic heterocycles. The Bertz CT molecular complexity index is 456. The van der Waals surface area contributed by atoms with E-state index < -0.39 is 0 Å². The van der Waals surface area contributed by atoms with Crippen LogP contribution in [0.25, 0.3) is 0 Å². The van der Waals surface area contributed by atoms with Gasteiger partial charge >= 0.3 is 0 Å². The zero-order valence-electron chi connectivity index (χ0n) is 10.9. The summed E-state index contributed by atoms with van der Waals surface area (Å²) in [7, 11) is 0. The fourth-order valence-corrected chi connectivity index (χ4v) is 2.38. The predicted octanol–water partition coefficient (Wildman–Crippen LogP) is 2.15. The first kappa shape index (κ1) is 16.4. The molecule has 1 amide bonds. The summed E-state index contributed by atoms with van der Waals surface area (Å²) < 4.78 is 1.05. The number of aryl methyl sites for hydroxylation is 1. The molecule has 3 N–H and O–H groups in total. The highest BCUT2D eigenvalue weighted by molar-refractivity contribution is 9.10. The van der Waals surface area contributed by atoms with E-state index in [1.807, 2.05) is 25.1 Å². The highest BCUT2D eigenvalue weighted by atomic mass is 79.9. The van der Waals surface area contributed by atoms with Gasteiger partial charge in [0.15, 0.2) is 0 Å². The van der Waals surface area contributed by atoms with E-state index >= 15 is 0 Å². The summed E-state index contributed by atoms with van der Waals surface area (Å²) in [5.41, 5.74) is 7.76. The molecule has 1 saturated heterocycles. The predicted molar refractivity (Wildman–Crippen MR) is 83.8 cm³/mol. The minimum Gasteiger partial charge on any atom is -0.326 e. The summed E-state index contributed by atoms with van der Waals surface area (Å²) in [5.74, 6) is 0.0193. The van der Waals surface area contributed by atoms with Gasteiger partial charge < -0.3 is 11.1 Å². The first-order valence-corrected chi connectivity index (χ1v) is 6.88. The van der Waals surface area contributed by atoms with Crippen LogP contribution in [0.5, 0.6) is 0 Å². The Morgan fingerprint density at radius 1 is 1.58 bits per heavy atom. The molecule has 6 heteroatoms. The Balaban J connectivity index is 0.00000180. The van der Waals surface area contributed by atoms with Crippen molar-refractivity contribution in [3.63, 3.8) is 0 Å². The van der Waals surface area contributed by atoms with E-state index in [-0.39, 0.29) is 24.4 Å². The van der Waals surface area contributed by atoms with E-state index in [1.54, 1.807) is 0 Å². The number of nitrogens with zero attached hydrogens (tertiary/aromatic N) is 1. The standard InChI is InChI=1S/C13H18BrN3O.ClH/c1-9-6-11(2-3-12(9)14)16-13(18)8-17-5-4-10(15)7-17;/h2-3,6,10H,4-5,7-8,15H2,1H3,(H,16,18);1H/t10-;/m1./s1. The molecular formula is C13H19BrClN3O. The topological polar surface area (TPSA) is 58.4 Å². The number of anilines is 1. The van der Waals surface area contributed by atoms with Crippen molar-refractivity contribution in [2.24, 2.45) is 5.73 Å². The summed E-state index contributed by atoms with van der Waals surface area (Å²) in [6.07, 6.45) is 0.977. The average Bonchev–Trinajstić information content (AvgIpc) is 2.69. The molecule has 0 unspecified atom stereocenters. The third kappa shape index (κ3) is 4.76. The Hall–Kier alpha value is -0.620. The third-order valence-electron chi connectivity index (χ3n) is 3.12. The van der Waals surface area contributed by atoms with Gasteiger partial charge in [0.25, 0.3) is 0 Å². The van der Waals surface area contributed by atoms with Crippen molar-refractivity contribution in [3.8, 4) is 0 Å². The van der Waals surface area contributed by atoms with E-state index in [4.69, 9.17) is 5.73 Å². The van der Waals surface area contributed by atoms with E-state index in [1.165, 1.54) is 0 Å². The molecule has 19 heavy (non-hydrogen) atoms. The second kappa shape index (κ2) is 7.24. The van der Waals surface area contributed by atoms with Crippen molar-refractivity contribution >= 4 is 39.9 Å². The first-order valence-electron chi connectivity index (χ1n) is 6.08. The lowest BCUT2D eigenvalue weighted by Gasteiger charge is -2.15. The Morgan fingerprint density at radius 3 is 2.89 bits per heavy atom. The van der Waals surface area contributed by atoms with Crippen LogP contribution in [0.4, 0.5) is 5.69 Å². The number of hydrogen-bond donors (Lipinski definition) is 2. The van der Waals surface area contributed by atoms with E-state index in [2.05, 4.69) is 26.1 Å². The van der Waals surface area contributed by atoms with Gasteiger partial charge in [-0.15, -0.1) is 12.4 Å². The van der Waals surface area contributed by atoms with Crippen LogP contribution in [-0.2, 0) is 4.79 Å². The summed E-state index contributed by atoms with van der Waals surface area (Å²) >= 11 is 3.44. The molecule has 1 aliphatic rings. The lowest BCUT2D eigenvalue weighted by atomic mass is 10.2. The van der Waals surface area contributed by atoms with Crippen molar-refractivity contribution in [1.29, 1.82) is 0 Å². The molecule has 0 radical (unpaired) electrons. The van der Waals surface area contributed by atoms with Crippen molar-refractivity contribution < 1.29 is 4.79 Å². The van der Waals surface area contributed by atoms with Gasteiger partial charge in [0.05, 0.1) is 6.54 Å². The van der Waals surface area contributed by atoms with E-state index in [0.717, 1.165) is 35.2 Å². The molecule has 1 heterocycles. The largest absolute Gasteiger partial charge is 0.326 e. The van der Waals surface area contributed by atoms with Crippen LogP contribution in [0, 0.1) is 6.92 Å². The van der Waals surface area contributed by atoms with E-state index in [0.29, 0.717) is 6.54 Å².